The minimum absolute atomic E-state index is 0.0992. The summed E-state index contributed by atoms with van der Waals surface area (Å²) in [6.07, 6.45) is 1.75. The first kappa shape index (κ1) is 21.9. The molecule has 4 rings (SSSR count). The van der Waals surface area contributed by atoms with Crippen molar-refractivity contribution in [1.29, 1.82) is 0 Å². The molecular formula is C22H21Cl2N5OS. The maximum absolute atomic E-state index is 12.4. The first-order valence-corrected chi connectivity index (χ1v) is 11.6. The molecule has 3 heterocycles. The predicted molar refractivity (Wildman–Crippen MR) is 126 cm³/mol. The van der Waals surface area contributed by atoms with Gasteiger partial charge in [0.05, 0.1) is 10.7 Å². The minimum Gasteiger partial charge on any atom is -0.302 e. The molecule has 4 aromatic rings. The molecule has 0 aliphatic rings. The van der Waals surface area contributed by atoms with Crippen molar-refractivity contribution in [2.45, 2.75) is 38.2 Å². The lowest BCUT2D eigenvalue weighted by Crippen LogP contribution is -2.15. The van der Waals surface area contributed by atoms with Crippen molar-refractivity contribution in [2.75, 3.05) is 0 Å². The molecule has 160 valence electrons. The topological polar surface area (TPSA) is 65.1 Å². The van der Waals surface area contributed by atoms with Crippen LogP contribution in [0.25, 0.3) is 17.0 Å². The van der Waals surface area contributed by atoms with Crippen molar-refractivity contribution < 1.29 is 0 Å². The van der Waals surface area contributed by atoms with E-state index in [0.29, 0.717) is 38.9 Å². The molecule has 0 bridgehead atoms. The lowest BCUT2D eigenvalue weighted by Gasteiger charge is -2.13. The smallest absolute Gasteiger partial charge is 0.258 e. The third kappa shape index (κ3) is 4.79. The van der Waals surface area contributed by atoms with Gasteiger partial charge in [-0.2, -0.15) is 0 Å². The van der Waals surface area contributed by atoms with E-state index in [2.05, 4.69) is 33.6 Å². The molecule has 9 heteroatoms. The van der Waals surface area contributed by atoms with Gasteiger partial charge in [0.2, 0.25) is 0 Å². The Bertz CT molecular complexity index is 1320. The van der Waals surface area contributed by atoms with Gasteiger partial charge in [-0.1, -0.05) is 48.8 Å². The molecule has 0 saturated heterocycles. The summed E-state index contributed by atoms with van der Waals surface area (Å²) >= 11 is 14.0. The van der Waals surface area contributed by atoms with Crippen LogP contribution in [0.2, 0.25) is 10.0 Å². The Morgan fingerprint density at radius 2 is 1.90 bits per heavy atom. The van der Waals surface area contributed by atoms with Crippen molar-refractivity contribution in [3.63, 3.8) is 0 Å². The summed E-state index contributed by atoms with van der Waals surface area (Å²) in [5.74, 6) is 1.58. The first-order valence-electron chi connectivity index (χ1n) is 9.82. The average molecular weight is 474 g/mol. The number of pyridine rings is 1. The summed E-state index contributed by atoms with van der Waals surface area (Å²) in [6.45, 7) is 6.98. The number of aromatic nitrogens is 5. The van der Waals surface area contributed by atoms with Gasteiger partial charge in [0.1, 0.15) is 5.65 Å². The molecule has 0 aliphatic heterocycles. The number of hydrogen-bond acceptors (Lipinski definition) is 5. The summed E-state index contributed by atoms with van der Waals surface area (Å²) < 4.78 is 3.60. The number of halogens is 2. The van der Waals surface area contributed by atoms with E-state index < -0.39 is 0 Å². The van der Waals surface area contributed by atoms with Gasteiger partial charge in [-0.25, -0.2) is 4.98 Å². The molecule has 0 N–H and O–H groups in total. The zero-order valence-corrected chi connectivity index (χ0v) is 19.7. The molecule has 0 fully saturated rings. The summed E-state index contributed by atoms with van der Waals surface area (Å²) in [5.41, 5.74) is 3.07. The Morgan fingerprint density at radius 1 is 1.10 bits per heavy atom. The van der Waals surface area contributed by atoms with Crippen molar-refractivity contribution in [1.82, 2.24) is 24.1 Å². The summed E-state index contributed by atoms with van der Waals surface area (Å²) in [4.78, 5) is 17.1. The highest BCUT2D eigenvalue weighted by atomic mass is 35.5. The van der Waals surface area contributed by atoms with E-state index in [-0.39, 0.29) is 5.56 Å². The van der Waals surface area contributed by atoms with Crippen LogP contribution < -0.4 is 5.56 Å². The number of thioether (sulfide) groups is 1. The Balaban J connectivity index is 1.66. The van der Waals surface area contributed by atoms with Crippen LogP contribution in [0, 0.1) is 12.8 Å². The van der Waals surface area contributed by atoms with E-state index in [4.69, 9.17) is 23.2 Å². The van der Waals surface area contributed by atoms with Crippen molar-refractivity contribution >= 4 is 40.6 Å². The second-order valence-electron chi connectivity index (χ2n) is 7.74. The summed E-state index contributed by atoms with van der Waals surface area (Å²) in [5, 5.41) is 10.6. The SMILES string of the molecule is Cc1ccn2c(=O)cc(CSc3nnc(-c4ccc(Cl)cc4Cl)n3CC(C)C)nc2c1. The quantitative estimate of drug-likeness (QED) is 0.345. The molecule has 0 radical (unpaired) electrons. The van der Waals surface area contributed by atoms with Crippen LogP contribution in [0.1, 0.15) is 25.1 Å². The van der Waals surface area contributed by atoms with Gasteiger partial charge in [-0.15, -0.1) is 10.2 Å². The van der Waals surface area contributed by atoms with Crippen molar-refractivity contribution in [3.05, 3.63) is 74.3 Å². The second kappa shape index (κ2) is 9.02. The summed E-state index contributed by atoms with van der Waals surface area (Å²) in [7, 11) is 0. The van der Waals surface area contributed by atoms with Crippen molar-refractivity contribution in [3.8, 4) is 11.4 Å². The van der Waals surface area contributed by atoms with Crippen LogP contribution in [0.15, 0.2) is 52.5 Å². The van der Waals surface area contributed by atoms with E-state index in [1.807, 2.05) is 25.1 Å². The maximum Gasteiger partial charge on any atom is 0.258 e. The van der Waals surface area contributed by atoms with Gasteiger partial charge in [-0.3, -0.25) is 9.20 Å². The molecule has 6 nitrogen and oxygen atoms in total. The van der Waals surface area contributed by atoms with E-state index in [1.54, 1.807) is 28.8 Å². The van der Waals surface area contributed by atoms with Gasteiger partial charge in [0.15, 0.2) is 11.0 Å². The van der Waals surface area contributed by atoms with Gasteiger partial charge < -0.3 is 4.57 Å². The lowest BCUT2D eigenvalue weighted by molar-refractivity contribution is 0.498. The van der Waals surface area contributed by atoms with Crippen LogP contribution >= 0.6 is 35.0 Å². The molecule has 0 spiro atoms. The van der Waals surface area contributed by atoms with E-state index >= 15 is 0 Å². The number of aryl methyl sites for hydroxylation is 1. The van der Waals surface area contributed by atoms with E-state index in [0.717, 1.165) is 22.8 Å². The molecule has 0 amide bonds. The van der Waals surface area contributed by atoms with Gasteiger partial charge >= 0.3 is 0 Å². The number of nitrogens with zero attached hydrogens (tertiary/aromatic N) is 5. The zero-order valence-electron chi connectivity index (χ0n) is 17.3. The molecule has 0 aliphatic carbocycles. The number of hydrogen-bond donors (Lipinski definition) is 0. The Morgan fingerprint density at radius 3 is 2.65 bits per heavy atom. The molecular weight excluding hydrogens is 453 g/mol. The third-order valence-corrected chi connectivity index (χ3v) is 6.21. The normalized spacial score (nSPS) is 11.5. The molecule has 0 unspecified atom stereocenters. The predicted octanol–water partition coefficient (Wildman–Crippen LogP) is 5.52. The molecule has 31 heavy (non-hydrogen) atoms. The molecule has 0 atom stereocenters. The number of fused-ring (bicyclic) bond motifs is 1. The fraction of sp³-hybridized carbons (Fsp3) is 0.273. The maximum atomic E-state index is 12.4. The third-order valence-electron chi connectivity index (χ3n) is 4.66. The molecule has 0 saturated carbocycles. The first-order chi connectivity index (χ1) is 14.8. The van der Waals surface area contributed by atoms with Crippen LogP contribution in [0.5, 0.6) is 0 Å². The lowest BCUT2D eigenvalue weighted by atomic mass is 10.2. The largest absolute Gasteiger partial charge is 0.302 e. The van der Waals surface area contributed by atoms with Crippen LogP contribution in [0.4, 0.5) is 0 Å². The summed E-state index contributed by atoms with van der Waals surface area (Å²) in [6, 6.07) is 10.7. The fourth-order valence-electron chi connectivity index (χ4n) is 3.26. The Hall–Kier alpha value is -2.35. The Kier molecular flexibility index (Phi) is 6.36. The fourth-order valence-corrected chi connectivity index (χ4v) is 4.59. The van der Waals surface area contributed by atoms with Crippen LogP contribution in [-0.4, -0.2) is 24.1 Å². The second-order valence-corrected chi connectivity index (χ2v) is 9.53. The van der Waals surface area contributed by atoms with Gasteiger partial charge in [-0.05, 0) is 48.7 Å². The standard InChI is InChI=1S/C22H21Cl2N5OS/c1-13(2)11-29-21(17-5-4-15(23)9-18(17)24)26-27-22(29)31-12-16-10-20(30)28-7-6-14(3)8-19(28)25-16/h4-10,13H,11-12H2,1-3H3. The highest BCUT2D eigenvalue weighted by Crippen LogP contribution is 2.32. The minimum atomic E-state index is -0.0992. The Labute approximate surface area is 194 Å². The van der Waals surface area contributed by atoms with Crippen LogP contribution in [0.3, 0.4) is 0 Å². The van der Waals surface area contributed by atoms with E-state index in [9.17, 15) is 4.79 Å². The molecule has 3 aromatic heterocycles. The monoisotopic (exact) mass is 473 g/mol. The molecule has 1 aromatic carbocycles. The highest BCUT2D eigenvalue weighted by molar-refractivity contribution is 7.98. The number of rotatable bonds is 6. The van der Waals surface area contributed by atoms with Gasteiger partial charge in [0, 0.05) is 35.1 Å². The number of benzene rings is 1. The van der Waals surface area contributed by atoms with Crippen LogP contribution in [-0.2, 0) is 12.3 Å². The zero-order chi connectivity index (χ0) is 22.1. The van der Waals surface area contributed by atoms with E-state index in [1.165, 1.54) is 11.8 Å². The average Bonchev–Trinajstić information content (AvgIpc) is 3.07. The highest BCUT2D eigenvalue weighted by Gasteiger charge is 2.18. The van der Waals surface area contributed by atoms with Crippen molar-refractivity contribution in [2.24, 2.45) is 5.92 Å². The van der Waals surface area contributed by atoms with Gasteiger partial charge in [0.25, 0.3) is 5.56 Å².